The molecule has 0 aliphatic carbocycles. The van der Waals surface area contributed by atoms with Gasteiger partial charge in [-0.25, -0.2) is 9.97 Å². The van der Waals surface area contributed by atoms with E-state index >= 15 is 0 Å². The number of aromatic nitrogens is 2. The predicted octanol–water partition coefficient (Wildman–Crippen LogP) is 1.77. The van der Waals surface area contributed by atoms with Crippen LogP contribution in [0.3, 0.4) is 0 Å². The molecule has 19 heavy (non-hydrogen) atoms. The van der Waals surface area contributed by atoms with E-state index in [1.165, 1.54) is 0 Å². The molecule has 3 rings (SSSR count). The smallest absolute Gasteiger partial charge is 0.232 e. The number of methoxy groups -OCH3 is 1. The van der Waals surface area contributed by atoms with Crippen molar-refractivity contribution < 1.29 is 4.74 Å². The molecule has 2 aromatic rings. The Morgan fingerprint density at radius 1 is 1.42 bits per heavy atom. The molecule has 0 radical (unpaired) electrons. The maximum atomic E-state index is 5.07. The number of rotatable bonds is 2. The van der Waals surface area contributed by atoms with E-state index in [0.29, 0.717) is 5.88 Å². The van der Waals surface area contributed by atoms with Crippen LogP contribution in [0.15, 0.2) is 27.8 Å². The molecule has 6 nitrogen and oxygen atoms in total. The van der Waals surface area contributed by atoms with E-state index in [1.54, 1.807) is 13.3 Å². The summed E-state index contributed by atoms with van der Waals surface area (Å²) in [6.45, 7) is 1.66. The van der Waals surface area contributed by atoms with Crippen LogP contribution in [0.4, 0.5) is 5.69 Å². The molecule has 0 amide bonds. The van der Waals surface area contributed by atoms with Crippen LogP contribution < -0.4 is 15.4 Å². The first-order chi connectivity index (χ1) is 9.28. The summed E-state index contributed by atoms with van der Waals surface area (Å²) in [5.74, 6) is 1.28. The SMILES string of the molecule is COc1cnc2c(Br)c(NC3=NCCN3)ccc2n1. The molecular formula is C12H12BrN5O. The normalized spacial score (nSPS) is 14.1. The lowest BCUT2D eigenvalue weighted by molar-refractivity contribution is 0.397. The van der Waals surface area contributed by atoms with Gasteiger partial charge in [0, 0.05) is 6.54 Å². The summed E-state index contributed by atoms with van der Waals surface area (Å²) in [6.07, 6.45) is 1.60. The zero-order chi connectivity index (χ0) is 13.2. The minimum atomic E-state index is 0.502. The van der Waals surface area contributed by atoms with Crippen LogP contribution in [-0.4, -0.2) is 36.1 Å². The van der Waals surface area contributed by atoms with Crippen LogP contribution >= 0.6 is 15.9 Å². The molecule has 1 aromatic heterocycles. The van der Waals surface area contributed by atoms with E-state index < -0.39 is 0 Å². The second kappa shape index (κ2) is 5.00. The fourth-order valence-electron chi connectivity index (χ4n) is 1.84. The van der Waals surface area contributed by atoms with Crippen molar-refractivity contribution in [1.29, 1.82) is 0 Å². The molecule has 1 aliphatic rings. The summed E-state index contributed by atoms with van der Waals surface area (Å²) in [7, 11) is 1.57. The number of nitrogens with zero attached hydrogens (tertiary/aromatic N) is 3. The molecule has 0 unspecified atom stereocenters. The fourth-order valence-corrected chi connectivity index (χ4v) is 2.38. The van der Waals surface area contributed by atoms with Crippen LogP contribution in [-0.2, 0) is 0 Å². The Morgan fingerprint density at radius 3 is 3.05 bits per heavy atom. The molecule has 2 N–H and O–H groups in total. The average Bonchev–Trinajstić information content (AvgIpc) is 2.94. The maximum absolute atomic E-state index is 5.07. The molecule has 0 saturated heterocycles. The molecule has 2 heterocycles. The first kappa shape index (κ1) is 12.2. The van der Waals surface area contributed by atoms with Crippen molar-refractivity contribution in [1.82, 2.24) is 15.3 Å². The van der Waals surface area contributed by atoms with Crippen molar-refractivity contribution in [2.45, 2.75) is 0 Å². The van der Waals surface area contributed by atoms with Crippen molar-refractivity contribution in [3.05, 3.63) is 22.8 Å². The van der Waals surface area contributed by atoms with Gasteiger partial charge in [-0.05, 0) is 28.1 Å². The van der Waals surface area contributed by atoms with Gasteiger partial charge in [-0.3, -0.25) is 4.99 Å². The van der Waals surface area contributed by atoms with Gasteiger partial charge in [0.15, 0.2) is 5.96 Å². The van der Waals surface area contributed by atoms with Crippen LogP contribution in [0.2, 0.25) is 0 Å². The molecule has 98 valence electrons. The van der Waals surface area contributed by atoms with Gasteiger partial charge in [0.2, 0.25) is 5.88 Å². The highest BCUT2D eigenvalue weighted by molar-refractivity contribution is 9.10. The van der Waals surface area contributed by atoms with Gasteiger partial charge in [0.05, 0.1) is 35.5 Å². The minimum absolute atomic E-state index is 0.502. The van der Waals surface area contributed by atoms with E-state index in [1.807, 2.05) is 12.1 Å². The second-order valence-corrected chi connectivity index (χ2v) is 4.78. The highest BCUT2D eigenvalue weighted by Crippen LogP contribution is 2.30. The summed E-state index contributed by atoms with van der Waals surface area (Å²) in [6, 6.07) is 3.83. The van der Waals surface area contributed by atoms with Crippen LogP contribution in [0.25, 0.3) is 11.0 Å². The number of hydrogen-bond acceptors (Lipinski definition) is 6. The molecule has 0 atom stereocenters. The molecule has 7 heteroatoms. The number of guanidine groups is 1. The van der Waals surface area contributed by atoms with Crippen molar-refractivity contribution in [3.63, 3.8) is 0 Å². The number of fused-ring (bicyclic) bond motifs is 1. The van der Waals surface area contributed by atoms with Crippen molar-refractivity contribution in [3.8, 4) is 5.88 Å². The standard InChI is InChI=1S/C12H12BrN5O/c1-19-9-6-16-11-8(17-9)3-2-7(10(11)13)18-12-14-4-5-15-12/h2-3,6H,4-5H2,1H3,(H2,14,15,18). The third kappa shape index (κ3) is 2.33. The third-order valence-electron chi connectivity index (χ3n) is 2.77. The first-order valence-corrected chi connectivity index (χ1v) is 6.62. The van der Waals surface area contributed by atoms with Gasteiger partial charge in [-0.15, -0.1) is 0 Å². The number of ether oxygens (including phenoxy) is 1. The monoisotopic (exact) mass is 321 g/mol. The van der Waals surface area contributed by atoms with E-state index in [4.69, 9.17) is 4.74 Å². The van der Waals surface area contributed by atoms with Gasteiger partial charge in [-0.2, -0.15) is 0 Å². The van der Waals surface area contributed by atoms with E-state index in [0.717, 1.165) is 40.2 Å². The van der Waals surface area contributed by atoms with Gasteiger partial charge < -0.3 is 15.4 Å². The molecule has 1 aromatic carbocycles. The Labute approximate surface area is 118 Å². The van der Waals surface area contributed by atoms with Gasteiger partial charge in [0.25, 0.3) is 0 Å². The number of benzene rings is 1. The largest absolute Gasteiger partial charge is 0.480 e. The summed E-state index contributed by atoms with van der Waals surface area (Å²) >= 11 is 3.55. The zero-order valence-electron chi connectivity index (χ0n) is 10.3. The Hall–Kier alpha value is -1.89. The Bertz CT molecular complexity index is 658. The lowest BCUT2D eigenvalue weighted by atomic mass is 10.2. The Morgan fingerprint density at radius 2 is 2.32 bits per heavy atom. The maximum Gasteiger partial charge on any atom is 0.232 e. The number of hydrogen-bond donors (Lipinski definition) is 2. The highest BCUT2D eigenvalue weighted by Gasteiger charge is 2.11. The zero-order valence-corrected chi connectivity index (χ0v) is 11.9. The molecule has 1 aliphatic heterocycles. The van der Waals surface area contributed by atoms with Gasteiger partial charge >= 0.3 is 0 Å². The lowest BCUT2D eigenvalue weighted by Gasteiger charge is -2.10. The second-order valence-electron chi connectivity index (χ2n) is 3.99. The van der Waals surface area contributed by atoms with Crippen LogP contribution in [0.1, 0.15) is 0 Å². The number of halogens is 1. The summed E-state index contributed by atoms with van der Waals surface area (Å²) < 4.78 is 5.92. The van der Waals surface area contributed by atoms with E-state index in [-0.39, 0.29) is 0 Å². The molecule has 0 bridgehead atoms. The number of aliphatic imine (C=N–C) groups is 1. The fraction of sp³-hybridized carbons (Fsp3) is 0.250. The molecule has 0 saturated carbocycles. The summed E-state index contributed by atoms with van der Waals surface area (Å²) in [4.78, 5) is 13.0. The third-order valence-corrected chi connectivity index (χ3v) is 3.57. The lowest BCUT2D eigenvalue weighted by Crippen LogP contribution is -2.26. The summed E-state index contributed by atoms with van der Waals surface area (Å²) in [5, 5.41) is 6.38. The van der Waals surface area contributed by atoms with Crippen LogP contribution in [0.5, 0.6) is 5.88 Å². The van der Waals surface area contributed by atoms with Gasteiger partial charge in [0.1, 0.15) is 5.52 Å². The van der Waals surface area contributed by atoms with Crippen molar-refractivity contribution in [2.24, 2.45) is 4.99 Å². The summed E-state index contributed by atoms with van der Waals surface area (Å²) in [5.41, 5.74) is 2.46. The highest BCUT2D eigenvalue weighted by atomic mass is 79.9. The van der Waals surface area contributed by atoms with Gasteiger partial charge in [-0.1, -0.05) is 0 Å². The quantitative estimate of drug-likeness (QED) is 0.882. The predicted molar refractivity (Wildman–Crippen MR) is 77.7 cm³/mol. The number of anilines is 1. The Kier molecular flexibility index (Phi) is 3.20. The minimum Gasteiger partial charge on any atom is -0.480 e. The first-order valence-electron chi connectivity index (χ1n) is 5.82. The van der Waals surface area contributed by atoms with Crippen LogP contribution in [0, 0.1) is 0 Å². The van der Waals surface area contributed by atoms with E-state index in [2.05, 4.69) is 41.5 Å². The van der Waals surface area contributed by atoms with Crippen molar-refractivity contribution in [2.75, 3.05) is 25.5 Å². The van der Waals surface area contributed by atoms with E-state index in [9.17, 15) is 0 Å². The topological polar surface area (TPSA) is 71.4 Å². The Balaban J connectivity index is 2.00. The molecule has 0 fully saturated rings. The number of nitrogens with one attached hydrogen (secondary N) is 2. The molecule has 0 spiro atoms. The average molecular weight is 322 g/mol. The van der Waals surface area contributed by atoms with Crippen molar-refractivity contribution >= 4 is 38.6 Å². The molecular weight excluding hydrogens is 310 g/mol.